The Balaban J connectivity index is 3.57. The van der Waals surface area contributed by atoms with Crippen molar-refractivity contribution in [3.63, 3.8) is 0 Å². The molecule has 0 aromatic heterocycles. The third kappa shape index (κ3) is 1.92. The number of hydrogen-bond donors (Lipinski definition) is 4. The maximum absolute atomic E-state index is 11.7. The summed E-state index contributed by atoms with van der Waals surface area (Å²) in [5.74, 6) is -3.40. The summed E-state index contributed by atoms with van der Waals surface area (Å²) >= 11 is 5.47. The van der Waals surface area contributed by atoms with Gasteiger partial charge in [0.2, 0.25) is 5.60 Å². The summed E-state index contributed by atoms with van der Waals surface area (Å²) in [6.45, 7) is 2.47. The summed E-state index contributed by atoms with van der Waals surface area (Å²) in [6, 6.07) is 0. The normalized spacial score (nSPS) is 42.3. The number of Topliss-reactive ketones (excluding diaryl/α,β-unsaturated/α-hetero) is 3. The van der Waals surface area contributed by atoms with Crippen molar-refractivity contribution in [2.45, 2.75) is 49.4 Å². The quantitative estimate of drug-likeness (QED) is 0.431. The topological polar surface area (TPSA) is 141 Å². The zero-order valence-electron chi connectivity index (χ0n) is 11.0. The first-order chi connectivity index (χ1) is 8.84. The summed E-state index contributed by atoms with van der Waals surface area (Å²) in [7, 11) is 0. The van der Waals surface area contributed by atoms with Gasteiger partial charge in [-0.15, -0.1) is 0 Å². The molecule has 8 nitrogen and oxygen atoms in total. The van der Waals surface area contributed by atoms with E-state index >= 15 is 0 Å². The number of aliphatic hydroxyl groups excluding tert-OH is 1. The first kappa shape index (κ1) is 17.2. The SMILES string of the molecule is CC(=O)C(O)[C@H]1OC(O)(Cl)[C@@](O)(C(C)=O)[C@@]1(O)C(C)=O. The van der Waals surface area contributed by atoms with Crippen LogP contribution < -0.4 is 0 Å². The standard InChI is InChI=1S/C11H15ClO8/c1-4(13)7(16)8-9(17,5(2)14)10(18,6(3)15)11(12,19)20-8/h7-8,16-19H,1-3H3/t7?,8-,9-,10-,11?/m1/s1. The highest BCUT2D eigenvalue weighted by molar-refractivity contribution is 6.26. The molecule has 1 rings (SSSR count). The summed E-state index contributed by atoms with van der Waals surface area (Å²) < 4.78 is 4.63. The molecule has 1 saturated heterocycles. The minimum atomic E-state index is -3.24. The molecule has 2 unspecified atom stereocenters. The van der Waals surface area contributed by atoms with E-state index in [1.807, 2.05) is 0 Å². The van der Waals surface area contributed by atoms with Crippen molar-refractivity contribution < 1.29 is 39.5 Å². The second-order valence-electron chi connectivity index (χ2n) is 4.74. The van der Waals surface area contributed by atoms with Crippen molar-refractivity contribution in [2.75, 3.05) is 0 Å². The van der Waals surface area contributed by atoms with Crippen molar-refractivity contribution in [3.8, 4) is 0 Å². The molecule has 114 valence electrons. The van der Waals surface area contributed by atoms with E-state index in [-0.39, 0.29) is 0 Å². The summed E-state index contributed by atoms with van der Waals surface area (Å²) in [6.07, 6.45) is -4.18. The van der Waals surface area contributed by atoms with Gasteiger partial charge in [0.1, 0.15) is 12.2 Å². The number of aliphatic hydroxyl groups is 4. The lowest BCUT2D eigenvalue weighted by molar-refractivity contribution is -0.217. The van der Waals surface area contributed by atoms with Crippen molar-refractivity contribution in [1.82, 2.24) is 0 Å². The van der Waals surface area contributed by atoms with Crippen molar-refractivity contribution in [3.05, 3.63) is 0 Å². The maximum Gasteiger partial charge on any atom is 0.287 e. The Morgan fingerprint density at radius 3 is 1.85 bits per heavy atom. The molecule has 0 aromatic carbocycles. The molecule has 0 bridgehead atoms. The van der Waals surface area contributed by atoms with Gasteiger partial charge >= 0.3 is 0 Å². The molecule has 5 atom stereocenters. The average molecular weight is 311 g/mol. The summed E-state index contributed by atoms with van der Waals surface area (Å²) in [5, 5.41) is 36.9. The van der Waals surface area contributed by atoms with Gasteiger partial charge in [-0.1, -0.05) is 11.6 Å². The number of carbonyl (C=O) groups excluding carboxylic acids is 3. The van der Waals surface area contributed by atoms with Gasteiger partial charge in [0.05, 0.1) is 0 Å². The summed E-state index contributed by atoms with van der Waals surface area (Å²) in [4.78, 5) is 34.5. The average Bonchev–Trinajstić information content (AvgIpc) is 2.47. The fourth-order valence-electron chi connectivity index (χ4n) is 2.23. The third-order valence-corrected chi connectivity index (χ3v) is 3.80. The number of ether oxygens (including phenoxy) is 1. The highest BCUT2D eigenvalue weighted by Crippen LogP contribution is 2.49. The minimum absolute atomic E-state index is 0.757. The van der Waals surface area contributed by atoms with E-state index < -0.39 is 46.0 Å². The lowest BCUT2D eigenvalue weighted by atomic mass is 9.73. The third-order valence-electron chi connectivity index (χ3n) is 3.44. The van der Waals surface area contributed by atoms with E-state index in [0.29, 0.717) is 0 Å². The molecular weight excluding hydrogens is 296 g/mol. The second kappa shape index (κ2) is 4.83. The van der Waals surface area contributed by atoms with Gasteiger partial charge < -0.3 is 25.2 Å². The Bertz CT molecular complexity index is 475. The lowest BCUT2D eigenvalue weighted by Gasteiger charge is -2.38. The van der Waals surface area contributed by atoms with Crippen LogP contribution in [0, 0.1) is 0 Å². The van der Waals surface area contributed by atoms with Crippen molar-refractivity contribution in [1.29, 1.82) is 0 Å². The predicted molar refractivity (Wildman–Crippen MR) is 63.6 cm³/mol. The van der Waals surface area contributed by atoms with E-state index in [9.17, 15) is 34.8 Å². The summed E-state index contributed by atoms with van der Waals surface area (Å²) in [5.41, 5.74) is -6.32. The first-order valence-electron chi connectivity index (χ1n) is 5.58. The number of rotatable bonds is 4. The van der Waals surface area contributed by atoms with Crippen LogP contribution in [-0.4, -0.2) is 66.4 Å². The molecule has 0 spiro atoms. The first-order valence-corrected chi connectivity index (χ1v) is 5.96. The van der Waals surface area contributed by atoms with E-state index in [1.165, 1.54) is 0 Å². The van der Waals surface area contributed by atoms with Gasteiger partial charge in [-0.3, -0.25) is 14.4 Å². The van der Waals surface area contributed by atoms with Crippen LogP contribution in [0.1, 0.15) is 20.8 Å². The predicted octanol–water partition coefficient (Wildman–Crippen LogP) is -2.14. The van der Waals surface area contributed by atoms with Crippen LogP contribution in [0.4, 0.5) is 0 Å². The van der Waals surface area contributed by atoms with Gasteiger partial charge in [-0.25, -0.2) is 0 Å². The second-order valence-corrected chi connectivity index (χ2v) is 5.26. The number of carbonyl (C=O) groups is 3. The molecule has 9 heteroatoms. The Kier molecular flexibility index (Phi) is 4.14. The minimum Gasteiger partial charge on any atom is -0.382 e. The van der Waals surface area contributed by atoms with Crippen LogP contribution in [0.3, 0.4) is 0 Å². The molecule has 1 aliphatic heterocycles. The van der Waals surface area contributed by atoms with Crippen molar-refractivity contribution in [2.24, 2.45) is 0 Å². The number of alkyl halides is 1. The Hall–Kier alpha value is -0.900. The van der Waals surface area contributed by atoms with Crippen LogP contribution in [-0.2, 0) is 19.1 Å². The number of ketones is 3. The largest absolute Gasteiger partial charge is 0.382 e. The van der Waals surface area contributed by atoms with E-state index in [1.54, 1.807) is 0 Å². The molecule has 1 fully saturated rings. The number of halogens is 1. The zero-order chi connectivity index (χ0) is 16.1. The molecule has 20 heavy (non-hydrogen) atoms. The lowest BCUT2D eigenvalue weighted by Crippen LogP contribution is -2.70. The molecule has 4 N–H and O–H groups in total. The van der Waals surface area contributed by atoms with Gasteiger partial charge in [-0.2, -0.15) is 0 Å². The Morgan fingerprint density at radius 1 is 1.10 bits per heavy atom. The van der Waals surface area contributed by atoms with Gasteiger partial charge in [0.25, 0.3) is 5.25 Å². The highest BCUT2D eigenvalue weighted by atomic mass is 35.5. The molecule has 0 aromatic rings. The molecule has 1 heterocycles. The van der Waals surface area contributed by atoms with Crippen molar-refractivity contribution >= 4 is 29.0 Å². The molecule has 0 saturated carbocycles. The molecular formula is C11H15ClO8. The zero-order valence-corrected chi connectivity index (χ0v) is 11.7. The van der Waals surface area contributed by atoms with Gasteiger partial charge in [-0.05, 0) is 20.8 Å². The van der Waals surface area contributed by atoms with Gasteiger partial charge in [0, 0.05) is 0 Å². The fourth-order valence-corrected chi connectivity index (χ4v) is 2.60. The Labute approximate surface area is 118 Å². The number of hydrogen-bond acceptors (Lipinski definition) is 8. The fraction of sp³-hybridized carbons (Fsp3) is 0.727. The van der Waals surface area contributed by atoms with Crippen LogP contribution in [0.15, 0.2) is 0 Å². The van der Waals surface area contributed by atoms with E-state index in [4.69, 9.17) is 11.6 Å². The molecule has 0 amide bonds. The van der Waals surface area contributed by atoms with Gasteiger partial charge in [0.15, 0.2) is 23.0 Å². The van der Waals surface area contributed by atoms with Crippen LogP contribution >= 0.6 is 11.6 Å². The molecule has 0 aliphatic carbocycles. The van der Waals surface area contributed by atoms with Crippen LogP contribution in [0.2, 0.25) is 0 Å². The van der Waals surface area contributed by atoms with Crippen LogP contribution in [0.25, 0.3) is 0 Å². The monoisotopic (exact) mass is 310 g/mol. The van der Waals surface area contributed by atoms with E-state index in [2.05, 4.69) is 4.74 Å². The van der Waals surface area contributed by atoms with Crippen LogP contribution in [0.5, 0.6) is 0 Å². The molecule has 1 aliphatic rings. The Morgan fingerprint density at radius 2 is 1.55 bits per heavy atom. The smallest absolute Gasteiger partial charge is 0.287 e. The highest BCUT2D eigenvalue weighted by Gasteiger charge is 2.79. The molecule has 0 radical (unpaired) electrons. The maximum atomic E-state index is 11.7. The van der Waals surface area contributed by atoms with E-state index in [0.717, 1.165) is 20.8 Å².